The number of hydrogen-bond donors (Lipinski definition) is 1. The Kier molecular flexibility index (Phi) is 4.37. The Morgan fingerprint density at radius 1 is 1.14 bits per heavy atom. The van der Waals surface area contributed by atoms with Gasteiger partial charge < -0.3 is 10.5 Å². The van der Waals surface area contributed by atoms with Gasteiger partial charge in [0.1, 0.15) is 5.75 Å². The van der Waals surface area contributed by atoms with E-state index in [0.29, 0.717) is 6.61 Å². The molecule has 0 aliphatic rings. The first-order chi connectivity index (χ1) is 9.90. The SMILES string of the molecule is CCOc1nc(N)nc(CS(=O)(=O)c2ccc(C)cc2)n1. The second-order valence-corrected chi connectivity index (χ2v) is 6.39. The van der Waals surface area contributed by atoms with Crippen molar-refractivity contribution in [2.45, 2.75) is 24.5 Å². The summed E-state index contributed by atoms with van der Waals surface area (Å²) < 4.78 is 29.7. The largest absolute Gasteiger partial charge is 0.464 e. The van der Waals surface area contributed by atoms with Crippen molar-refractivity contribution >= 4 is 15.8 Å². The molecule has 0 spiro atoms. The standard InChI is InChI=1S/C13H16N4O3S/c1-3-20-13-16-11(15-12(14)17-13)8-21(18,19)10-6-4-9(2)5-7-10/h4-7H,3,8H2,1-2H3,(H2,14,15,16,17). The third-order valence-corrected chi connectivity index (χ3v) is 4.28. The molecule has 0 saturated heterocycles. The maximum absolute atomic E-state index is 12.3. The van der Waals surface area contributed by atoms with E-state index in [1.165, 1.54) is 0 Å². The summed E-state index contributed by atoms with van der Waals surface area (Å²) in [6.07, 6.45) is 0. The zero-order valence-electron chi connectivity index (χ0n) is 11.8. The van der Waals surface area contributed by atoms with Crippen LogP contribution in [0.5, 0.6) is 6.01 Å². The summed E-state index contributed by atoms with van der Waals surface area (Å²) in [6.45, 7) is 4.01. The van der Waals surface area contributed by atoms with E-state index in [0.717, 1.165) is 5.56 Å². The van der Waals surface area contributed by atoms with Crippen LogP contribution in [0.2, 0.25) is 0 Å². The number of benzene rings is 1. The lowest BCUT2D eigenvalue weighted by Crippen LogP contribution is -2.12. The van der Waals surface area contributed by atoms with Gasteiger partial charge in [-0.3, -0.25) is 0 Å². The average Bonchev–Trinajstić information content (AvgIpc) is 2.38. The van der Waals surface area contributed by atoms with Gasteiger partial charge in [-0.05, 0) is 26.0 Å². The molecule has 112 valence electrons. The average molecular weight is 308 g/mol. The Hall–Kier alpha value is -2.22. The van der Waals surface area contributed by atoms with Crippen LogP contribution in [0.15, 0.2) is 29.2 Å². The Balaban J connectivity index is 2.30. The summed E-state index contributed by atoms with van der Waals surface area (Å²) in [4.78, 5) is 11.8. The van der Waals surface area contributed by atoms with E-state index in [4.69, 9.17) is 10.5 Å². The molecule has 8 heteroatoms. The zero-order chi connectivity index (χ0) is 15.5. The fourth-order valence-corrected chi connectivity index (χ4v) is 2.86. The monoisotopic (exact) mass is 308 g/mol. The van der Waals surface area contributed by atoms with Gasteiger partial charge in [0, 0.05) is 0 Å². The van der Waals surface area contributed by atoms with Crippen LogP contribution in [-0.4, -0.2) is 30.0 Å². The summed E-state index contributed by atoms with van der Waals surface area (Å²) in [7, 11) is -3.54. The van der Waals surface area contributed by atoms with Crippen LogP contribution in [0, 0.1) is 6.92 Å². The topological polar surface area (TPSA) is 108 Å². The first kappa shape index (κ1) is 15.2. The molecule has 1 aromatic heterocycles. The van der Waals surface area contributed by atoms with Gasteiger partial charge in [-0.15, -0.1) is 0 Å². The lowest BCUT2D eigenvalue weighted by atomic mass is 10.2. The minimum atomic E-state index is -3.54. The van der Waals surface area contributed by atoms with Gasteiger partial charge in [-0.1, -0.05) is 17.7 Å². The number of nitrogen functional groups attached to an aromatic ring is 1. The highest BCUT2D eigenvalue weighted by atomic mass is 32.2. The van der Waals surface area contributed by atoms with Crippen molar-refractivity contribution < 1.29 is 13.2 Å². The quantitative estimate of drug-likeness (QED) is 0.882. The molecule has 7 nitrogen and oxygen atoms in total. The van der Waals surface area contributed by atoms with Crippen molar-refractivity contribution in [3.8, 4) is 6.01 Å². The maximum Gasteiger partial charge on any atom is 0.321 e. The molecule has 0 amide bonds. The smallest absolute Gasteiger partial charge is 0.321 e. The van der Waals surface area contributed by atoms with Gasteiger partial charge in [0.05, 0.1) is 11.5 Å². The van der Waals surface area contributed by atoms with Crippen molar-refractivity contribution in [3.63, 3.8) is 0 Å². The van der Waals surface area contributed by atoms with Crippen LogP contribution in [-0.2, 0) is 15.6 Å². The number of rotatable bonds is 5. The molecule has 0 unspecified atom stereocenters. The Morgan fingerprint density at radius 3 is 2.43 bits per heavy atom. The third kappa shape index (κ3) is 3.88. The van der Waals surface area contributed by atoms with Crippen LogP contribution >= 0.6 is 0 Å². The summed E-state index contributed by atoms with van der Waals surface area (Å²) in [6, 6.07) is 6.61. The molecule has 0 aliphatic carbocycles. The highest BCUT2D eigenvalue weighted by Gasteiger charge is 2.18. The number of anilines is 1. The second-order valence-electron chi connectivity index (χ2n) is 4.40. The fourth-order valence-electron chi connectivity index (χ4n) is 1.67. The van der Waals surface area contributed by atoms with Crippen molar-refractivity contribution in [1.82, 2.24) is 15.0 Å². The van der Waals surface area contributed by atoms with E-state index >= 15 is 0 Å². The molecular formula is C13H16N4O3S. The van der Waals surface area contributed by atoms with Gasteiger partial charge >= 0.3 is 6.01 Å². The fraction of sp³-hybridized carbons (Fsp3) is 0.308. The highest BCUT2D eigenvalue weighted by Crippen LogP contribution is 2.16. The minimum Gasteiger partial charge on any atom is -0.464 e. The molecule has 2 N–H and O–H groups in total. The van der Waals surface area contributed by atoms with Gasteiger partial charge in [0.25, 0.3) is 0 Å². The van der Waals surface area contributed by atoms with E-state index in [1.54, 1.807) is 31.2 Å². The Morgan fingerprint density at radius 2 is 1.81 bits per heavy atom. The van der Waals surface area contributed by atoms with Crippen molar-refractivity contribution in [3.05, 3.63) is 35.7 Å². The van der Waals surface area contributed by atoms with E-state index < -0.39 is 9.84 Å². The third-order valence-electron chi connectivity index (χ3n) is 2.65. The summed E-state index contributed by atoms with van der Waals surface area (Å²) in [5.41, 5.74) is 6.51. The number of nitrogens with zero attached hydrogens (tertiary/aromatic N) is 3. The first-order valence-electron chi connectivity index (χ1n) is 6.33. The molecule has 0 radical (unpaired) electrons. The normalized spacial score (nSPS) is 11.3. The predicted octanol–water partition coefficient (Wildman–Crippen LogP) is 1.13. The Labute approximate surface area is 123 Å². The second kappa shape index (κ2) is 6.04. The number of nitrogens with two attached hydrogens (primary N) is 1. The molecular weight excluding hydrogens is 292 g/mol. The molecule has 0 atom stereocenters. The molecule has 1 aromatic carbocycles. The van der Waals surface area contributed by atoms with Gasteiger partial charge in [0.2, 0.25) is 5.95 Å². The van der Waals surface area contributed by atoms with Crippen LogP contribution in [0.4, 0.5) is 5.95 Å². The summed E-state index contributed by atoms with van der Waals surface area (Å²) >= 11 is 0. The maximum atomic E-state index is 12.3. The molecule has 0 fully saturated rings. The van der Waals surface area contributed by atoms with E-state index in [2.05, 4.69) is 15.0 Å². The minimum absolute atomic E-state index is 0.0270. The molecule has 0 bridgehead atoms. The summed E-state index contributed by atoms with van der Waals surface area (Å²) in [5.74, 6) is -0.364. The van der Waals surface area contributed by atoms with Crippen molar-refractivity contribution in [1.29, 1.82) is 0 Å². The molecule has 2 aromatic rings. The van der Waals surface area contributed by atoms with Crippen LogP contribution in [0.1, 0.15) is 18.3 Å². The van der Waals surface area contributed by atoms with E-state index in [9.17, 15) is 8.42 Å². The number of aryl methyl sites for hydroxylation is 1. The van der Waals surface area contributed by atoms with Gasteiger partial charge in [0.15, 0.2) is 15.7 Å². The molecule has 0 saturated carbocycles. The molecule has 0 aliphatic heterocycles. The molecule has 1 heterocycles. The first-order valence-corrected chi connectivity index (χ1v) is 7.98. The van der Waals surface area contributed by atoms with E-state index in [1.807, 2.05) is 6.92 Å². The number of sulfone groups is 1. The van der Waals surface area contributed by atoms with Crippen molar-refractivity contribution in [2.24, 2.45) is 0 Å². The predicted molar refractivity (Wildman–Crippen MR) is 77.5 cm³/mol. The highest BCUT2D eigenvalue weighted by molar-refractivity contribution is 7.90. The van der Waals surface area contributed by atoms with Crippen LogP contribution in [0.3, 0.4) is 0 Å². The zero-order valence-corrected chi connectivity index (χ0v) is 12.6. The van der Waals surface area contributed by atoms with Gasteiger partial charge in [-0.25, -0.2) is 8.42 Å². The van der Waals surface area contributed by atoms with Crippen molar-refractivity contribution in [2.75, 3.05) is 12.3 Å². The lowest BCUT2D eigenvalue weighted by Gasteiger charge is -2.06. The van der Waals surface area contributed by atoms with E-state index in [-0.39, 0.29) is 28.4 Å². The van der Waals surface area contributed by atoms with Crippen LogP contribution in [0.25, 0.3) is 0 Å². The molecule has 2 rings (SSSR count). The van der Waals surface area contributed by atoms with Crippen LogP contribution < -0.4 is 10.5 Å². The summed E-state index contributed by atoms with van der Waals surface area (Å²) in [5, 5.41) is 0. The van der Waals surface area contributed by atoms with Gasteiger partial charge in [-0.2, -0.15) is 15.0 Å². The molecule has 21 heavy (non-hydrogen) atoms. The number of aromatic nitrogens is 3. The number of ether oxygens (including phenoxy) is 1. The Bertz CT molecular complexity index is 730. The number of hydrogen-bond acceptors (Lipinski definition) is 7. The lowest BCUT2D eigenvalue weighted by molar-refractivity contribution is 0.311.